The first-order chi connectivity index (χ1) is 6.86. The summed E-state index contributed by atoms with van der Waals surface area (Å²) in [6, 6.07) is 3.73. The molecule has 0 aliphatic carbocycles. The molecule has 2 heterocycles. The van der Waals surface area contributed by atoms with Gasteiger partial charge in [-0.15, -0.1) is 11.3 Å². The number of aromatic nitrogens is 3. The van der Waals surface area contributed by atoms with Gasteiger partial charge in [0.05, 0.1) is 17.6 Å². The topological polar surface area (TPSA) is 86.2 Å². The molecule has 0 bridgehead atoms. The molecule has 0 radical (unpaired) electrons. The van der Waals surface area contributed by atoms with E-state index in [1.807, 2.05) is 12.1 Å². The molecular weight excluding hydrogens is 198 g/mol. The van der Waals surface area contributed by atoms with Crippen LogP contribution in [0.2, 0.25) is 0 Å². The highest BCUT2D eigenvalue weighted by atomic mass is 32.1. The Morgan fingerprint density at radius 2 is 2.00 bits per heavy atom. The zero-order chi connectivity index (χ0) is 9.97. The largest absolute Gasteiger partial charge is 0.241 e. The van der Waals surface area contributed by atoms with Crippen molar-refractivity contribution in [2.45, 2.75) is 5.92 Å². The molecule has 2 aromatic heterocycles. The second-order valence-corrected chi connectivity index (χ2v) is 3.29. The minimum atomic E-state index is -0.873. The maximum absolute atomic E-state index is 8.72. The Bertz CT molecular complexity index is 533. The molecule has 0 amide bonds. The summed E-state index contributed by atoms with van der Waals surface area (Å²) >= 11 is 1.36. The van der Waals surface area contributed by atoms with Gasteiger partial charge in [0.2, 0.25) is 0 Å². The van der Waals surface area contributed by atoms with Gasteiger partial charge in [-0.3, -0.25) is 0 Å². The maximum Gasteiger partial charge on any atom is 0.177 e. The Kier molecular flexibility index (Phi) is 2.05. The third-order valence-electron chi connectivity index (χ3n) is 1.69. The molecule has 0 aliphatic heterocycles. The lowest BCUT2D eigenvalue weighted by Gasteiger charge is -1.98. The van der Waals surface area contributed by atoms with Gasteiger partial charge in [-0.05, 0) is 0 Å². The quantitative estimate of drug-likeness (QED) is 0.692. The van der Waals surface area contributed by atoms with Crippen molar-refractivity contribution in [3.63, 3.8) is 0 Å². The van der Waals surface area contributed by atoms with Gasteiger partial charge >= 0.3 is 0 Å². The SMILES string of the molecule is N#CC(C#N)c1ncnc2scnc12. The highest BCUT2D eigenvalue weighted by Crippen LogP contribution is 2.22. The van der Waals surface area contributed by atoms with Crippen LogP contribution in [0.15, 0.2) is 11.8 Å². The summed E-state index contributed by atoms with van der Waals surface area (Å²) in [6.07, 6.45) is 1.34. The molecule has 5 nitrogen and oxygen atoms in total. The van der Waals surface area contributed by atoms with Crippen LogP contribution >= 0.6 is 11.3 Å². The van der Waals surface area contributed by atoms with Gasteiger partial charge in [-0.1, -0.05) is 0 Å². The van der Waals surface area contributed by atoms with Crippen LogP contribution in [0.3, 0.4) is 0 Å². The van der Waals surface area contributed by atoms with Crippen LogP contribution in [-0.2, 0) is 0 Å². The third kappa shape index (κ3) is 1.18. The van der Waals surface area contributed by atoms with E-state index >= 15 is 0 Å². The van der Waals surface area contributed by atoms with E-state index in [9.17, 15) is 0 Å². The number of fused-ring (bicyclic) bond motifs is 1. The van der Waals surface area contributed by atoms with Crippen molar-refractivity contribution in [3.8, 4) is 12.1 Å². The second-order valence-electron chi connectivity index (χ2n) is 2.46. The average molecular weight is 201 g/mol. The first kappa shape index (κ1) is 8.54. The maximum atomic E-state index is 8.72. The number of nitrogens with zero attached hydrogens (tertiary/aromatic N) is 5. The lowest BCUT2D eigenvalue weighted by atomic mass is 10.1. The number of thiazole rings is 1. The van der Waals surface area contributed by atoms with Crippen LogP contribution in [0.5, 0.6) is 0 Å². The molecule has 0 saturated carbocycles. The molecule has 14 heavy (non-hydrogen) atoms. The van der Waals surface area contributed by atoms with Crippen LogP contribution in [-0.4, -0.2) is 15.0 Å². The van der Waals surface area contributed by atoms with Crippen LogP contribution in [0, 0.1) is 22.7 Å². The average Bonchev–Trinajstić information content (AvgIpc) is 2.68. The van der Waals surface area contributed by atoms with Gasteiger partial charge in [0.1, 0.15) is 22.4 Å². The number of nitriles is 2. The standard InChI is InChI=1S/C8H3N5S/c9-1-5(2-10)6-7-8(12-3-11-6)14-4-13-7/h3-5H. The van der Waals surface area contributed by atoms with E-state index in [0.29, 0.717) is 16.0 Å². The van der Waals surface area contributed by atoms with Gasteiger partial charge in [-0.2, -0.15) is 10.5 Å². The Morgan fingerprint density at radius 3 is 2.71 bits per heavy atom. The number of hydrogen-bond acceptors (Lipinski definition) is 6. The molecule has 0 saturated heterocycles. The number of hydrogen-bond donors (Lipinski definition) is 0. The fraction of sp³-hybridized carbons (Fsp3) is 0.125. The van der Waals surface area contributed by atoms with Gasteiger partial charge < -0.3 is 0 Å². The van der Waals surface area contributed by atoms with E-state index in [1.54, 1.807) is 5.51 Å². The lowest BCUT2D eigenvalue weighted by Crippen LogP contribution is -1.97. The first-order valence-electron chi connectivity index (χ1n) is 3.70. The van der Waals surface area contributed by atoms with Crippen molar-refractivity contribution in [1.29, 1.82) is 10.5 Å². The molecule has 0 unspecified atom stereocenters. The summed E-state index contributed by atoms with van der Waals surface area (Å²) in [5.41, 5.74) is 2.56. The monoisotopic (exact) mass is 201 g/mol. The highest BCUT2D eigenvalue weighted by Gasteiger charge is 2.16. The van der Waals surface area contributed by atoms with Crippen molar-refractivity contribution in [2.24, 2.45) is 0 Å². The summed E-state index contributed by atoms with van der Waals surface area (Å²) in [5.74, 6) is -0.873. The van der Waals surface area contributed by atoms with Gasteiger partial charge in [0, 0.05) is 0 Å². The Hall–Kier alpha value is -2.05. The van der Waals surface area contributed by atoms with Crippen molar-refractivity contribution >= 4 is 21.7 Å². The van der Waals surface area contributed by atoms with E-state index in [4.69, 9.17) is 10.5 Å². The van der Waals surface area contributed by atoms with Crippen LogP contribution in [0.1, 0.15) is 11.6 Å². The van der Waals surface area contributed by atoms with Crippen molar-refractivity contribution in [3.05, 3.63) is 17.5 Å². The van der Waals surface area contributed by atoms with Crippen molar-refractivity contribution in [1.82, 2.24) is 15.0 Å². The lowest BCUT2D eigenvalue weighted by molar-refractivity contribution is 1.01. The molecule has 0 aliphatic rings. The Labute approximate surface area is 83.3 Å². The zero-order valence-corrected chi connectivity index (χ0v) is 7.69. The van der Waals surface area contributed by atoms with Crippen LogP contribution in [0.25, 0.3) is 10.3 Å². The fourth-order valence-corrected chi connectivity index (χ4v) is 1.71. The second kappa shape index (κ2) is 3.36. The van der Waals surface area contributed by atoms with Gasteiger partial charge in [0.25, 0.3) is 0 Å². The molecule has 2 rings (SSSR count). The minimum absolute atomic E-state index is 0.390. The van der Waals surface area contributed by atoms with Crippen molar-refractivity contribution in [2.75, 3.05) is 0 Å². The molecule has 0 spiro atoms. The fourth-order valence-electron chi connectivity index (χ4n) is 1.07. The van der Waals surface area contributed by atoms with E-state index in [2.05, 4.69) is 15.0 Å². The number of rotatable bonds is 1. The highest BCUT2D eigenvalue weighted by molar-refractivity contribution is 7.16. The summed E-state index contributed by atoms with van der Waals surface area (Å²) in [6.45, 7) is 0. The predicted molar refractivity (Wildman–Crippen MR) is 49.2 cm³/mol. The van der Waals surface area contributed by atoms with Crippen molar-refractivity contribution < 1.29 is 0 Å². The summed E-state index contributed by atoms with van der Waals surface area (Å²) in [7, 11) is 0. The van der Waals surface area contributed by atoms with E-state index in [0.717, 1.165) is 0 Å². The minimum Gasteiger partial charge on any atom is -0.241 e. The van der Waals surface area contributed by atoms with E-state index in [-0.39, 0.29) is 0 Å². The summed E-state index contributed by atoms with van der Waals surface area (Å²) < 4.78 is 0. The summed E-state index contributed by atoms with van der Waals surface area (Å²) in [4.78, 5) is 12.6. The smallest absolute Gasteiger partial charge is 0.177 e. The summed E-state index contributed by atoms with van der Waals surface area (Å²) in [5, 5.41) is 17.4. The zero-order valence-electron chi connectivity index (χ0n) is 6.88. The molecule has 2 aromatic rings. The molecule has 6 heteroatoms. The molecule has 0 fully saturated rings. The third-order valence-corrected chi connectivity index (χ3v) is 2.43. The molecular formula is C8H3N5S. The molecule has 0 aromatic carbocycles. The van der Waals surface area contributed by atoms with E-state index in [1.165, 1.54) is 17.7 Å². The van der Waals surface area contributed by atoms with Crippen LogP contribution in [0.4, 0.5) is 0 Å². The normalized spacial score (nSPS) is 9.93. The molecule has 0 atom stereocenters. The Morgan fingerprint density at radius 1 is 1.21 bits per heavy atom. The van der Waals surface area contributed by atoms with Gasteiger partial charge in [-0.25, -0.2) is 15.0 Å². The predicted octanol–water partition coefficient (Wildman–Crippen LogP) is 1.22. The van der Waals surface area contributed by atoms with Gasteiger partial charge in [0.15, 0.2) is 5.92 Å². The van der Waals surface area contributed by atoms with Crippen LogP contribution < -0.4 is 0 Å². The Balaban J connectivity index is 2.69. The van der Waals surface area contributed by atoms with E-state index < -0.39 is 5.92 Å². The first-order valence-corrected chi connectivity index (χ1v) is 4.58. The molecule has 66 valence electrons. The molecule has 0 N–H and O–H groups in total.